The molecule has 1 N–H and O–H groups in total. The Morgan fingerprint density at radius 1 is 1.21 bits per heavy atom. The van der Waals surface area contributed by atoms with Gasteiger partial charge >= 0.3 is 0 Å². The van der Waals surface area contributed by atoms with Crippen molar-refractivity contribution in [2.75, 3.05) is 6.54 Å². The van der Waals surface area contributed by atoms with Crippen LogP contribution in [0.3, 0.4) is 0 Å². The van der Waals surface area contributed by atoms with E-state index < -0.39 is 10.0 Å². The number of benzene rings is 1. The van der Waals surface area contributed by atoms with Crippen LogP contribution < -0.4 is 4.72 Å². The number of rotatable bonds is 7. The Morgan fingerprint density at radius 3 is 2.32 bits per heavy atom. The molecule has 0 radical (unpaired) electrons. The topological polar surface area (TPSA) is 63.2 Å². The van der Waals surface area contributed by atoms with Crippen LogP contribution in [0, 0.1) is 12.8 Å². The number of sulfonamides is 1. The van der Waals surface area contributed by atoms with Crippen LogP contribution in [0.5, 0.6) is 0 Å². The van der Waals surface area contributed by atoms with Crippen molar-refractivity contribution in [2.24, 2.45) is 5.92 Å². The quantitative estimate of drug-likeness (QED) is 0.835. The summed E-state index contributed by atoms with van der Waals surface area (Å²) in [7, 11) is -3.58. The number of nitrogens with one attached hydrogen (secondary N) is 1. The molecule has 0 saturated carbocycles. The molecule has 0 spiro atoms. The number of Topliss-reactive ketones (excluding diaryl/α,β-unsaturated/α-hetero) is 1. The molecule has 5 heteroatoms. The van der Waals surface area contributed by atoms with Crippen molar-refractivity contribution in [1.29, 1.82) is 0 Å². The molecule has 0 amide bonds. The molecule has 0 heterocycles. The predicted octanol–water partition coefficient (Wildman–Crippen LogP) is 2.28. The first-order valence-corrected chi connectivity index (χ1v) is 7.87. The second-order valence-electron chi connectivity index (χ2n) is 5.11. The second kappa shape index (κ2) is 6.82. The zero-order chi connectivity index (χ0) is 14.5. The molecule has 0 fully saturated rings. The molecule has 106 valence electrons. The van der Waals surface area contributed by atoms with Gasteiger partial charge in [0.25, 0.3) is 0 Å². The lowest BCUT2D eigenvalue weighted by atomic mass is 10.1. The average molecular weight is 283 g/mol. The average Bonchev–Trinajstić information content (AvgIpc) is 2.34. The normalized spacial score (nSPS) is 11.8. The van der Waals surface area contributed by atoms with Crippen molar-refractivity contribution in [2.45, 2.75) is 38.5 Å². The van der Waals surface area contributed by atoms with Gasteiger partial charge in [0, 0.05) is 6.42 Å². The second-order valence-corrected chi connectivity index (χ2v) is 6.88. The summed E-state index contributed by atoms with van der Waals surface area (Å²) in [6, 6.07) is 6.54. The fraction of sp³-hybridized carbons (Fsp3) is 0.500. The number of ketones is 1. The van der Waals surface area contributed by atoms with E-state index in [4.69, 9.17) is 0 Å². The van der Waals surface area contributed by atoms with E-state index in [1.807, 2.05) is 20.8 Å². The van der Waals surface area contributed by atoms with Crippen LogP contribution >= 0.6 is 0 Å². The highest BCUT2D eigenvalue weighted by atomic mass is 32.2. The number of carbonyl (C=O) groups is 1. The van der Waals surface area contributed by atoms with Gasteiger partial charge in [0.15, 0.2) is 0 Å². The van der Waals surface area contributed by atoms with Crippen molar-refractivity contribution in [1.82, 2.24) is 4.72 Å². The number of carbonyl (C=O) groups excluding carboxylic acids is 1. The van der Waals surface area contributed by atoms with E-state index >= 15 is 0 Å². The van der Waals surface area contributed by atoms with E-state index in [9.17, 15) is 13.2 Å². The molecule has 0 aliphatic carbocycles. The Bertz CT molecular complexity index is 518. The lowest BCUT2D eigenvalue weighted by Gasteiger charge is -2.07. The van der Waals surface area contributed by atoms with Crippen molar-refractivity contribution in [3.05, 3.63) is 29.8 Å². The van der Waals surface area contributed by atoms with E-state index in [1.54, 1.807) is 12.1 Å². The van der Waals surface area contributed by atoms with Crippen molar-refractivity contribution >= 4 is 15.8 Å². The van der Waals surface area contributed by atoms with Crippen molar-refractivity contribution in [3.8, 4) is 0 Å². The summed E-state index contributed by atoms with van der Waals surface area (Å²) in [6.45, 7) is 5.82. The summed E-state index contributed by atoms with van der Waals surface area (Å²) in [5.41, 5.74) is 0.993. The van der Waals surface area contributed by atoms with Gasteiger partial charge in [-0.25, -0.2) is 13.1 Å². The van der Waals surface area contributed by atoms with E-state index in [0.29, 0.717) is 12.3 Å². The molecule has 0 aliphatic heterocycles. The third-order valence-electron chi connectivity index (χ3n) is 2.79. The van der Waals surface area contributed by atoms with Gasteiger partial charge in [0.2, 0.25) is 10.0 Å². The molecule has 19 heavy (non-hydrogen) atoms. The van der Waals surface area contributed by atoms with Gasteiger partial charge < -0.3 is 0 Å². The Labute approximate surface area is 115 Å². The number of aryl methyl sites for hydroxylation is 1. The molecule has 0 bridgehead atoms. The van der Waals surface area contributed by atoms with Gasteiger partial charge in [-0.1, -0.05) is 31.5 Å². The summed E-state index contributed by atoms with van der Waals surface area (Å²) in [5, 5.41) is 0. The number of hydrogen-bond donors (Lipinski definition) is 1. The van der Waals surface area contributed by atoms with Crippen LogP contribution in [0.25, 0.3) is 0 Å². The largest absolute Gasteiger partial charge is 0.298 e. The van der Waals surface area contributed by atoms with Crippen LogP contribution in [0.15, 0.2) is 29.2 Å². The standard InChI is InChI=1S/C14H21NO3S/c1-11(2)4-7-13(16)10-15-19(17,18)14-8-5-12(3)6-9-14/h5-6,8-9,11,15H,4,7,10H2,1-3H3. The molecule has 0 aromatic heterocycles. The Hall–Kier alpha value is -1.20. The maximum Gasteiger partial charge on any atom is 0.240 e. The maximum absolute atomic E-state index is 11.9. The molecule has 1 aromatic carbocycles. The van der Waals surface area contributed by atoms with Crippen LogP contribution in [-0.2, 0) is 14.8 Å². The molecule has 0 aliphatic rings. The first-order valence-electron chi connectivity index (χ1n) is 6.39. The lowest BCUT2D eigenvalue weighted by Crippen LogP contribution is -2.29. The molecular formula is C14H21NO3S. The SMILES string of the molecule is Cc1ccc(S(=O)(=O)NCC(=O)CCC(C)C)cc1. The summed E-state index contributed by atoms with van der Waals surface area (Å²) >= 11 is 0. The summed E-state index contributed by atoms with van der Waals surface area (Å²) in [6.07, 6.45) is 1.19. The third kappa shape index (κ3) is 5.53. The molecule has 0 unspecified atom stereocenters. The molecule has 4 nitrogen and oxygen atoms in total. The molecular weight excluding hydrogens is 262 g/mol. The fourth-order valence-corrected chi connectivity index (χ4v) is 2.53. The van der Waals surface area contributed by atoms with Gasteiger partial charge in [0.05, 0.1) is 11.4 Å². The van der Waals surface area contributed by atoms with E-state index in [0.717, 1.165) is 12.0 Å². The van der Waals surface area contributed by atoms with Gasteiger partial charge in [-0.05, 0) is 31.4 Å². The Kier molecular flexibility index (Phi) is 5.69. The Balaban J connectivity index is 2.56. The minimum Gasteiger partial charge on any atom is -0.298 e. The minimum absolute atomic E-state index is 0.0793. The van der Waals surface area contributed by atoms with Gasteiger partial charge in [-0.2, -0.15) is 0 Å². The minimum atomic E-state index is -3.58. The lowest BCUT2D eigenvalue weighted by molar-refractivity contribution is -0.118. The van der Waals surface area contributed by atoms with E-state index in [2.05, 4.69) is 4.72 Å². The molecule has 0 atom stereocenters. The molecule has 0 saturated heterocycles. The van der Waals surface area contributed by atoms with Gasteiger partial charge in [0.1, 0.15) is 5.78 Å². The van der Waals surface area contributed by atoms with Crippen LogP contribution in [0.4, 0.5) is 0 Å². The Morgan fingerprint density at radius 2 is 1.79 bits per heavy atom. The number of hydrogen-bond acceptors (Lipinski definition) is 3. The van der Waals surface area contributed by atoms with E-state index in [-0.39, 0.29) is 17.2 Å². The third-order valence-corrected chi connectivity index (χ3v) is 4.21. The molecule has 1 rings (SSSR count). The summed E-state index contributed by atoms with van der Waals surface area (Å²) in [5.74, 6) is 0.363. The highest BCUT2D eigenvalue weighted by molar-refractivity contribution is 7.89. The van der Waals surface area contributed by atoms with Crippen molar-refractivity contribution in [3.63, 3.8) is 0 Å². The van der Waals surface area contributed by atoms with Gasteiger partial charge in [-0.3, -0.25) is 4.79 Å². The highest BCUT2D eigenvalue weighted by Gasteiger charge is 2.15. The summed E-state index contributed by atoms with van der Waals surface area (Å²) in [4.78, 5) is 11.7. The summed E-state index contributed by atoms with van der Waals surface area (Å²) < 4.78 is 26.2. The monoisotopic (exact) mass is 283 g/mol. The van der Waals surface area contributed by atoms with Gasteiger partial charge in [-0.15, -0.1) is 0 Å². The predicted molar refractivity (Wildman–Crippen MR) is 75.4 cm³/mol. The fourth-order valence-electron chi connectivity index (χ4n) is 1.51. The van der Waals surface area contributed by atoms with Crippen LogP contribution in [0.1, 0.15) is 32.3 Å². The first kappa shape index (κ1) is 15.9. The van der Waals surface area contributed by atoms with E-state index in [1.165, 1.54) is 12.1 Å². The highest BCUT2D eigenvalue weighted by Crippen LogP contribution is 2.10. The maximum atomic E-state index is 11.9. The van der Waals surface area contributed by atoms with Crippen LogP contribution in [0.2, 0.25) is 0 Å². The zero-order valence-electron chi connectivity index (χ0n) is 11.6. The smallest absolute Gasteiger partial charge is 0.240 e. The zero-order valence-corrected chi connectivity index (χ0v) is 12.5. The first-order chi connectivity index (χ1) is 8.81. The molecule has 1 aromatic rings. The van der Waals surface area contributed by atoms with Crippen LogP contribution in [-0.4, -0.2) is 20.7 Å². The van der Waals surface area contributed by atoms with Crippen molar-refractivity contribution < 1.29 is 13.2 Å².